The largest absolute Gasteiger partial charge is 0.365 e. The molecule has 0 spiro atoms. The van der Waals surface area contributed by atoms with E-state index in [1.165, 1.54) is 0 Å². The van der Waals surface area contributed by atoms with Crippen molar-refractivity contribution in [2.75, 3.05) is 36.4 Å². The molecule has 132 valence electrons. The molecule has 3 N–H and O–H groups in total. The molecule has 3 amide bonds. The second-order valence-corrected chi connectivity index (χ2v) is 5.80. The molecular weight excluding hydrogens is 332 g/mol. The highest BCUT2D eigenvalue weighted by Gasteiger charge is 2.24. The smallest absolute Gasteiger partial charge is 0.322 e. The molecule has 1 aliphatic rings. The lowest BCUT2D eigenvalue weighted by Gasteiger charge is -2.35. The van der Waals surface area contributed by atoms with Gasteiger partial charge in [0.1, 0.15) is 11.9 Å². The summed E-state index contributed by atoms with van der Waals surface area (Å²) in [5, 5.41) is 11.9. The van der Waals surface area contributed by atoms with Gasteiger partial charge in [-0.15, -0.1) is 0 Å². The second kappa shape index (κ2) is 7.53. The first-order chi connectivity index (χ1) is 12.6. The number of urea groups is 1. The van der Waals surface area contributed by atoms with Crippen LogP contribution in [0.2, 0.25) is 0 Å². The average Bonchev–Trinajstić information content (AvgIpc) is 2.68. The van der Waals surface area contributed by atoms with Crippen LogP contribution in [0.4, 0.5) is 16.3 Å². The second-order valence-electron chi connectivity index (χ2n) is 5.80. The van der Waals surface area contributed by atoms with Gasteiger partial charge < -0.3 is 20.9 Å². The van der Waals surface area contributed by atoms with Gasteiger partial charge in [-0.2, -0.15) is 5.26 Å². The number of nitrogens with two attached hydrogens (primary N) is 1. The zero-order valence-electron chi connectivity index (χ0n) is 14.1. The molecule has 8 heteroatoms. The molecule has 1 fully saturated rings. The van der Waals surface area contributed by atoms with Crippen LogP contribution in [0, 0.1) is 11.3 Å². The number of benzene rings is 1. The maximum Gasteiger partial charge on any atom is 0.322 e. The molecule has 1 aromatic carbocycles. The summed E-state index contributed by atoms with van der Waals surface area (Å²) in [5.74, 6) is 0.0104. The highest BCUT2D eigenvalue weighted by atomic mass is 16.2. The summed E-state index contributed by atoms with van der Waals surface area (Å²) in [4.78, 5) is 31.9. The maximum absolute atomic E-state index is 12.5. The first-order valence-electron chi connectivity index (χ1n) is 8.15. The SMILES string of the molecule is N#Cc1ccccc1NC(=O)N1CCN(c2ncccc2C(N)=O)CC1. The topological polar surface area (TPSA) is 115 Å². The number of aromatic nitrogens is 1. The van der Waals surface area contributed by atoms with Gasteiger partial charge in [-0.3, -0.25) is 4.79 Å². The Bertz CT molecular complexity index is 868. The van der Waals surface area contributed by atoms with Gasteiger partial charge in [0.2, 0.25) is 0 Å². The summed E-state index contributed by atoms with van der Waals surface area (Å²) in [7, 11) is 0. The number of pyridine rings is 1. The molecular formula is C18H18N6O2. The molecule has 0 saturated carbocycles. The first kappa shape index (κ1) is 17.2. The molecule has 2 heterocycles. The minimum atomic E-state index is -0.526. The summed E-state index contributed by atoms with van der Waals surface area (Å²) in [6, 6.07) is 12.0. The number of amides is 3. The van der Waals surface area contributed by atoms with E-state index in [1.54, 1.807) is 47.5 Å². The summed E-state index contributed by atoms with van der Waals surface area (Å²) in [6.45, 7) is 2.00. The third-order valence-electron chi connectivity index (χ3n) is 4.21. The van der Waals surface area contributed by atoms with Crippen molar-refractivity contribution in [3.8, 4) is 6.07 Å². The summed E-state index contributed by atoms with van der Waals surface area (Å²) >= 11 is 0. The van der Waals surface area contributed by atoms with Gasteiger partial charge in [-0.1, -0.05) is 12.1 Å². The highest BCUT2D eigenvalue weighted by molar-refractivity contribution is 5.97. The number of hydrogen-bond donors (Lipinski definition) is 2. The maximum atomic E-state index is 12.5. The Balaban J connectivity index is 1.65. The Hall–Kier alpha value is -3.60. The standard InChI is InChI=1S/C18H18N6O2/c19-12-13-4-1-2-6-15(13)22-18(26)24-10-8-23(9-11-24)17-14(16(20)25)5-3-7-21-17/h1-7H,8-11H2,(H2,20,25)(H,22,26). The zero-order valence-corrected chi connectivity index (χ0v) is 14.1. The van der Waals surface area contributed by atoms with Crippen LogP contribution in [0.3, 0.4) is 0 Å². The molecule has 0 unspecified atom stereocenters. The van der Waals surface area contributed by atoms with Crippen molar-refractivity contribution in [2.45, 2.75) is 0 Å². The summed E-state index contributed by atoms with van der Waals surface area (Å²) < 4.78 is 0. The molecule has 3 rings (SSSR count). The molecule has 1 aromatic heterocycles. The van der Waals surface area contributed by atoms with Crippen molar-refractivity contribution >= 4 is 23.4 Å². The fourth-order valence-electron chi connectivity index (χ4n) is 2.85. The number of carbonyl (C=O) groups is 2. The van der Waals surface area contributed by atoms with Crippen molar-refractivity contribution in [3.05, 3.63) is 53.7 Å². The van der Waals surface area contributed by atoms with E-state index < -0.39 is 5.91 Å². The van der Waals surface area contributed by atoms with E-state index in [2.05, 4.69) is 16.4 Å². The number of carbonyl (C=O) groups excluding carboxylic acids is 2. The lowest BCUT2D eigenvalue weighted by atomic mass is 10.2. The minimum Gasteiger partial charge on any atom is -0.365 e. The molecule has 0 radical (unpaired) electrons. The molecule has 26 heavy (non-hydrogen) atoms. The van der Waals surface area contributed by atoms with Gasteiger partial charge in [-0.25, -0.2) is 9.78 Å². The lowest BCUT2D eigenvalue weighted by molar-refractivity contribution is 0.1000. The van der Waals surface area contributed by atoms with Crippen LogP contribution in [0.1, 0.15) is 15.9 Å². The highest BCUT2D eigenvalue weighted by Crippen LogP contribution is 2.19. The van der Waals surface area contributed by atoms with Crippen molar-refractivity contribution < 1.29 is 9.59 Å². The number of anilines is 2. The van der Waals surface area contributed by atoms with Crippen LogP contribution in [-0.4, -0.2) is 48.0 Å². The average molecular weight is 350 g/mol. The van der Waals surface area contributed by atoms with E-state index >= 15 is 0 Å². The predicted molar refractivity (Wildman–Crippen MR) is 96.7 cm³/mol. The Morgan fingerprint density at radius 1 is 1.12 bits per heavy atom. The molecule has 0 bridgehead atoms. The summed E-state index contributed by atoms with van der Waals surface area (Å²) in [5.41, 5.74) is 6.68. The third-order valence-corrected chi connectivity index (χ3v) is 4.21. The van der Waals surface area contributed by atoms with E-state index in [9.17, 15) is 9.59 Å². The van der Waals surface area contributed by atoms with Gasteiger partial charge in [-0.05, 0) is 24.3 Å². The van der Waals surface area contributed by atoms with Crippen LogP contribution in [0.25, 0.3) is 0 Å². The zero-order chi connectivity index (χ0) is 18.5. The third kappa shape index (κ3) is 3.57. The molecule has 1 aliphatic heterocycles. The van der Waals surface area contributed by atoms with Crippen LogP contribution in [0.15, 0.2) is 42.6 Å². The number of nitrogens with zero attached hydrogens (tertiary/aromatic N) is 4. The molecule has 0 atom stereocenters. The van der Waals surface area contributed by atoms with Gasteiger partial charge >= 0.3 is 6.03 Å². The van der Waals surface area contributed by atoms with Crippen LogP contribution >= 0.6 is 0 Å². The van der Waals surface area contributed by atoms with E-state index in [0.717, 1.165) is 0 Å². The first-order valence-corrected chi connectivity index (χ1v) is 8.15. The van der Waals surface area contributed by atoms with E-state index in [-0.39, 0.29) is 6.03 Å². The van der Waals surface area contributed by atoms with E-state index in [1.807, 2.05) is 4.90 Å². The Morgan fingerprint density at radius 2 is 1.85 bits per heavy atom. The monoisotopic (exact) mass is 350 g/mol. The minimum absolute atomic E-state index is 0.261. The predicted octanol–water partition coefficient (Wildman–Crippen LogP) is 1.41. The number of rotatable bonds is 3. The Labute approximate surface area is 150 Å². The number of primary amides is 1. The van der Waals surface area contributed by atoms with Gasteiger partial charge in [0.05, 0.1) is 16.8 Å². The number of piperazine rings is 1. The van der Waals surface area contributed by atoms with Crippen molar-refractivity contribution in [1.82, 2.24) is 9.88 Å². The van der Waals surface area contributed by atoms with E-state index in [4.69, 9.17) is 11.0 Å². The fraction of sp³-hybridized carbons (Fsp3) is 0.222. The van der Waals surface area contributed by atoms with Gasteiger partial charge in [0.15, 0.2) is 0 Å². The number of nitrogens with one attached hydrogen (secondary N) is 1. The molecule has 2 aromatic rings. The van der Waals surface area contributed by atoms with Crippen molar-refractivity contribution in [3.63, 3.8) is 0 Å². The van der Waals surface area contributed by atoms with Gasteiger partial charge in [0.25, 0.3) is 5.91 Å². The molecule has 8 nitrogen and oxygen atoms in total. The number of para-hydroxylation sites is 1. The fourth-order valence-corrected chi connectivity index (χ4v) is 2.85. The van der Waals surface area contributed by atoms with Gasteiger partial charge in [0, 0.05) is 32.4 Å². The number of hydrogen-bond acceptors (Lipinski definition) is 5. The Morgan fingerprint density at radius 3 is 2.54 bits per heavy atom. The number of nitriles is 1. The van der Waals surface area contributed by atoms with Crippen LogP contribution in [0.5, 0.6) is 0 Å². The quantitative estimate of drug-likeness (QED) is 0.868. The van der Waals surface area contributed by atoms with Crippen LogP contribution < -0.4 is 16.0 Å². The van der Waals surface area contributed by atoms with Crippen LogP contribution in [-0.2, 0) is 0 Å². The van der Waals surface area contributed by atoms with E-state index in [0.29, 0.717) is 48.8 Å². The van der Waals surface area contributed by atoms with Crippen molar-refractivity contribution in [2.24, 2.45) is 5.73 Å². The molecule has 1 saturated heterocycles. The lowest BCUT2D eigenvalue weighted by Crippen LogP contribution is -2.50. The summed E-state index contributed by atoms with van der Waals surface area (Å²) in [6.07, 6.45) is 1.61. The Kier molecular flexibility index (Phi) is 4.99. The van der Waals surface area contributed by atoms with Crippen molar-refractivity contribution in [1.29, 1.82) is 5.26 Å². The molecule has 0 aliphatic carbocycles. The normalized spacial score (nSPS) is 13.8.